The van der Waals surface area contributed by atoms with Crippen molar-refractivity contribution >= 4 is 11.3 Å². The monoisotopic (exact) mass is 238 g/mol. The first-order valence-corrected chi connectivity index (χ1v) is 7.06. The Bertz CT molecular complexity index is 319. The van der Waals surface area contributed by atoms with Crippen molar-refractivity contribution in [2.75, 3.05) is 7.05 Å². The fourth-order valence-corrected chi connectivity index (χ4v) is 3.76. The zero-order valence-electron chi connectivity index (χ0n) is 10.5. The number of nitrogens with zero attached hydrogens (tertiary/aromatic N) is 1. The SMILES string of the molecule is CNC(Cc1cncs1)C1CCCC1(C)C. The Morgan fingerprint density at radius 3 is 2.94 bits per heavy atom. The summed E-state index contributed by atoms with van der Waals surface area (Å²) in [6.45, 7) is 4.84. The molecule has 0 aromatic carbocycles. The number of nitrogens with one attached hydrogen (secondary N) is 1. The van der Waals surface area contributed by atoms with Gasteiger partial charge in [-0.3, -0.25) is 4.98 Å². The highest BCUT2D eigenvalue weighted by molar-refractivity contribution is 7.09. The highest BCUT2D eigenvalue weighted by atomic mass is 32.1. The number of hydrogen-bond donors (Lipinski definition) is 1. The van der Waals surface area contributed by atoms with E-state index < -0.39 is 0 Å². The van der Waals surface area contributed by atoms with Gasteiger partial charge in [0.2, 0.25) is 0 Å². The molecule has 0 bridgehead atoms. The summed E-state index contributed by atoms with van der Waals surface area (Å²) in [5, 5.41) is 3.52. The number of thiazole rings is 1. The van der Waals surface area contributed by atoms with E-state index in [4.69, 9.17) is 0 Å². The van der Waals surface area contributed by atoms with Gasteiger partial charge in [-0.05, 0) is 37.6 Å². The fraction of sp³-hybridized carbons (Fsp3) is 0.769. The molecule has 1 aliphatic carbocycles. The topological polar surface area (TPSA) is 24.9 Å². The Morgan fingerprint density at radius 2 is 2.44 bits per heavy atom. The lowest BCUT2D eigenvalue weighted by Crippen LogP contribution is -2.40. The molecular weight excluding hydrogens is 216 g/mol. The smallest absolute Gasteiger partial charge is 0.0794 e. The maximum Gasteiger partial charge on any atom is 0.0794 e. The van der Waals surface area contributed by atoms with Gasteiger partial charge in [0.05, 0.1) is 5.51 Å². The fourth-order valence-electron chi connectivity index (χ4n) is 3.10. The molecule has 0 radical (unpaired) electrons. The average Bonchev–Trinajstić information content (AvgIpc) is 2.84. The molecule has 1 saturated carbocycles. The normalized spacial score (nSPS) is 25.8. The van der Waals surface area contributed by atoms with Gasteiger partial charge in [0.15, 0.2) is 0 Å². The predicted octanol–water partition coefficient (Wildman–Crippen LogP) is 3.10. The number of aromatic nitrogens is 1. The minimum atomic E-state index is 0.498. The summed E-state index contributed by atoms with van der Waals surface area (Å²) in [7, 11) is 2.10. The molecule has 0 amide bonds. The minimum absolute atomic E-state index is 0.498. The van der Waals surface area contributed by atoms with Crippen LogP contribution >= 0.6 is 11.3 Å². The van der Waals surface area contributed by atoms with Crippen molar-refractivity contribution in [3.05, 3.63) is 16.6 Å². The van der Waals surface area contributed by atoms with Crippen LogP contribution in [0, 0.1) is 11.3 Å². The van der Waals surface area contributed by atoms with Crippen molar-refractivity contribution in [3.8, 4) is 0 Å². The molecule has 3 heteroatoms. The molecular formula is C13H22N2S. The molecule has 16 heavy (non-hydrogen) atoms. The molecule has 1 aliphatic rings. The van der Waals surface area contributed by atoms with Gasteiger partial charge in [-0.25, -0.2) is 0 Å². The van der Waals surface area contributed by atoms with Crippen LogP contribution in [-0.2, 0) is 6.42 Å². The van der Waals surface area contributed by atoms with Crippen molar-refractivity contribution in [2.24, 2.45) is 11.3 Å². The van der Waals surface area contributed by atoms with Crippen molar-refractivity contribution in [3.63, 3.8) is 0 Å². The Balaban J connectivity index is 2.05. The molecule has 2 atom stereocenters. The zero-order chi connectivity index (χ0) is 11.6. The van der Waals surface area contributed by atoms with E-state index in [1.807, 2.05) is 11.7 Å². The van der Waals surface area contributed by atoms with Gasteiger partial charge in [0, 0.05) is 17.1 Å². The third-order valence-corrected chi connectivity index (χ3v) is 4.90. The van der Waals surface area contributed by atoms with Crippen LogP contribution in [0.25, 0.3) is 0 Å². The molecule has 90 valence electrons. The first-order valence-electron chi connectivity index (χ1n) is 6.18. The van der Waals surface area contributed by atoms with Crippen LogP contribution < -0.4 is 5.32 Å². The highest BCUT2D eigenvalue weighted by Crippen LogP contribution is 2.44. The van der Waals surface area contributed by atoms with Gasteiger partial charge in [0.1, 0.15) is 0 Å². The van der Waals surface area contributed by atoms with E-state index in [1.165, 1.54) is 24.1 Å². The Labute approximate surface area is 102 Å². The maximum atomic E-state index is 4.16. The van der Waals surface area contributed by atoms with Crippen molar-refractivity contribution in [1.82, 2.24) is 10.3 Å². The molecule has 1 heterocycles. The van der Waals surface area contributed by atoms with Crippen molar-refractivity contribution in [2.45, 2.75) is 45.6 Å². The zero-order valence-corrected chi connectivity index (χ0v) is 11.3. The Kier molecular flexibility index (Phi) is 3.65. The van der Waals surface area contributed by atoms with Gasteiger partial charge in [-0.2, -0.15) is 0 Å². The van der Waals surface area contributed by atoms with Crippen LogP contribution in [0.5, 0.6) is 0 Å². The highest BCUT2D eigenvalue weighted by Gasteiger charge is 2.38. The summed E-state index contributed by atoms with van der Waals surface area (Å²) in [6, 6.07) is 0.609. The van der Waals surface area contributed by atoms with Crippen molar-refractivity contribution < 1.29 is 0 Å². The number of likely N-dealkylation sites (N-methyl/N-ethyl adjacent to an activating group) is 1. The lowest BCUT2D eigenvalue weighted by Gasteiger charge is -2.33. The van der Waals surface area contributed by atoms with Crippen LogP contribution in [0.4, 0.5) is 0 Å². The summed E-state index contributed by atoms with van der Waals surface area (Å²) in [5.41, 5.74) is 2.43. The van der Waals surface area contributed by atoms with Gasteiger partial charge < -0.3 is 5.32 Å². The van der Waals surface area contributed by atoms with Crippen LogP contribution in [0.15, 0.2) is 11.7 Å². The molecule has 0 aliphatic heterocycles. The van der Waals surface area contributed by atoms with Gasteiger partial charge in [-0.15, -0.1) is 11.3 Å². The largest absolute Gasteiger partial charge is 0.316 e. The summed E-state index contributed by atoms with van der Waals surface area (Å²) < 4.78 is 0. The quantitative estimate of drug-likeness (QED) is 0.872. The minimum Gasteiger partial charge on any atom is -0.316 e. The third-order valence-electron chi connectivity index (χ3n) is 4.10. The van der Waals surface area contributed by atoms with Gasteiger partial charge in [-0.1, -0.05) is 20.3 Å². The van der Waals surface area contributed by atoms with E-state index in [-0.39, 0.29) is 0 Å². The van der Waals surface area contributed by atoms with E-state index in [0.29, 0.717) is 11.5 Å². The Morgan fingerprint density at radius 1 is 1.62 bits per heavy atom. The number of rotatable bonds is 4. The second-order valence-electron chi connectivity index (χ2n) is 5.55. The van der Waals surface area contributed by atoms with Crippen LogP contribution in [0.2, 0.25) is 0 Å². The lowest BCUT2D eigenvalue weighted by molar-refractivity contribution is 0.202. The molecule has 0 spiro atoms. The molecule has 1 fully saturated rings. The van der Waals surface area contributed by atoms with Crippen LogP contribution in [-0.4, -0.2) is 18.1 Å². The second-order valence-corrected chi connectivity index (χ2v) is 6.53. The summed E-state index contributed by atoms with van der Waals surface area (Å²) >= 11 is 1.77. The lowest BCUT2D eigenvalue weighted by atomic mass is 9.76. The molecule has 2 nitrogen and oxygen atoms in total. The summed E-state index contributed by atoms with van der Waals surface area (Å²) in [6.07, 6.45) is 7.28. The van der Waals surface area contributed by atoms with E-state index >= 15 is 0 Å². The van der Waals surface area contributed by atoms with Crippen LogP contribution in [0.1, 0.15) is 38.0 Å². The maximum absolute atomic E-state index is 4.16. The van der Waals surface area contributed by atoms with E-state index in [2.05, 4.69) is 31.2 Å². The standard InChI is InChI=1S/C13H22N2S/c1-13(2)6-4-5-11(13)12(14-3)7-10-8-15-9-16-10/h8-9,11-12,14H,4-7H2,1-3H3. The first-order chi connectivity index (χ1) is 7.63. The van der Waals surface area contributed by atoms with Gasteiger partial charge >= 0.3 is 0 Å². The van der Waals surface area contributed by atoms with Crippen molar-refractivity contribution in [1.29, 1.82) is 0 Å². The average molecular weight is 238 g/mol. The van der Waals surface area contributed by atoms with E-state index in [9.17, 15) is 0 Å². The molecule has 2 unspecified atom stereocenters. The molecule has 1 N–H and O–H groups in total. The third kappa shape index (κ3) is 2.46. The Hall–Kier alpha value is -0.410. The molecule has 1 aromatic heterocycles. The second kappa shape index (κ2) is 4.84. The summed E-state index contributed by atoms with van der Waals surface area (Å²) in [4.78, 5) is 5.57. The van der Waals surface area contributed by atoms with E-state index in [0.717, 1.165) is 12.3 Å². The number of hydrogen-bond acceptors (Lipinski definition) is 3. The summed E-state index contributed by atoms with van der Waals surface area (Å²) in [5.74, 6) is 0.805. The van der Waals surface area contributed by atoms with Crippen LogP contribution in [0.3, 0.4) is 0 Å². The van der Waals surface area contributed by atoms with E-state index in [1.54, 1.807) is 11.3 Å². The van der Waals surface area contributed by atoms with Gasteiger partial charge in [0.25, 0.3) is 0 Å². The molecule has 1 aromatic rings. The first kappa shape index (κ1) is 12.1. The predicted molar refractivity (Wildman–Crippen MR) is 69.8 cm³/mol. The molecule has 0 saturated heterocycles. The molecule has 2 rings (SSSR count).